The lowest BCUT2D eigenvalue weighted by Crippen LogP contribution is -2.60. The molecule has 0 aliphatic carbocycles. The van der Waals surface area contributed by atoms with Crippen LogP contribution >= 0.6 is 0 Å². The van der Waals surface area contributed by atoms with Crippen molar-refractivity contribution in [3.8, 4) is 11.5 Å². The fourth-order valence-electron chi connectivity index (χ4n) is 6.19. The number of rotatable bonds is 13. The van der Waals surface area contributed by atoms with Crippen LogP contribution in [0.5, 0.6) is 11.5 Å². The number of halogens is 4. The fraction of sp³-hybridized carbons (Fsp3) is 0.525. The summed E-state index contributed by atoms with van der Waals surface area (Å²) >= 11 is 0. The molecule has 3 aromatic rings. The van der Waals surface area contributed by atoms with Crippen LogP contribution in [0.25, 0.3) is 0 Å². The summed E-state index contributed by atoms with van der Waals surface area (Å²) in [7, 11) is 3.15. The number of hydrogen-bond donors (Lipinski definition) is 1. The first-order valence-corrected chi connectivity index (χ1v) is 18.5. The average Bonchev–Trinajstić information content (AvgIpc) is 3.72. The van der Waals surface area contributed by atoms with Crippen molar-refractivity contribution in [2.45, 2.75) is 97.5 Å². The number of benzene rings is 2. The van der Waals surface area contributed by atoms with E-state index in [-0.39, 0.29) is 37.5 Å². The molecule has 1 aliphatic heterocycles. The Morgan fingerprint density at radius 3 is 2.12 bits per heavy atom. The van der Waals surface area contributed by atoms with Crippen LogP contribution in [0, 0.1) is 11.2 Å². The van der Waals surface area contributed by atoms with Crippen LogP contribution in [0.2, 0.25) is 0 Å². The van der Waals surface area contributed by atoms with Crippen molar-refractivity contribution < 1.29 is 51.0 Å². The number of nitrogens with one attached hydrogen (secondary N) is 1. The lowest BCUT2D eigenvalue weighted by molar-refractivity contribution is -0.274. The molecule has 1 N–H and O–H groups in total. The van der Waals surface area contributed by atoms with Crippen LogP contribution in [0.1, 0.15) is 70.9 Å². The molecular weight excluding hydrogens is 752 g/mol. The number of aryl methyl sites for hydroxylation is 1. The van der Waals surface area contributed by atoms with Gasteiger partial charge in [0.25, 0.3) is 5.91 Å². The van der Waals surface area contributed by atoms with Gasteiger partial charge in [0.2, 0.25) is 11.8 Å². The van der Waals surface area contributed by atoms with E-state index in [1.165, 1.54) is 44.6 Å². The summed E-state index contributed by atoms with van der Waals surface area (Å²) in [5.74, 6) is -2.10. The van der Waals surface area contributed by atoms with Crippen LogP contribution in [0.3, 0.4) is 0 Å². The topological polar surface area (TPSA) is 136 Å². The Labute approximate surface area is 330 Å². The van der Waals surface area contributed by atoms with Gasteiger partial charge in [-0.25, -0.2) is 14.2 Å². The molecule has 1 aliphatic rings. The highest BCUT2D eigenvalue weighted by Gasteiger charge is 2.45. The molecule has 2 heterocycles. The predicted octanol–water partition coefficient (Wildman–Crippen LogP) is 5.98. The van der Waals surface area contributed by atoms with E-state index in [1.54, 1.807) is 81.3 Å². The van der Waals surface area contributed by atoms with Crippen molar-refractivity contribution in [3.05, 3.63) is 78.1 Å². The third-order valence-corrected chi connectivity index (χ3v) is 9.29. The second-order valence-electron chi connectivity index (χ2n) is 16.3. The van der Waals surface area contributed by atoms with E-state index in [4.69, 9.17) is 9.47 Å². The molecule has 4 amide bonds. The molecule has 4 rings (SSSR count). The number of nitrogens with zero attached hydrogens (tertiary/aromatic N) is 5. The first-order chi connectivity index (χ1) is 26.4. The molecule has 0 bridgehead atoms. The Bertz CT molecular complexity index is 1860. The molecule has 0 radical (unpaired) electrons. The Hall–Kier alpha value is -5.35. The first kappa shape index (κ1) is 44.4. The molecule has 17 heteroatoms. The minimum Gasteiger partial charge on any atom is -0.489 e. The second kappa shape index (κ2) is 17.8. The highest BCUT2D eigenvalue weighted by atomic mass is 19.4. The van der Waals surface area contributed by atoms with Gasteiger partial charge in [-0.1, -0.05) is 32.9 Å². The van der Waals surface area contributed by atoms with Crippen molar-refractivity contribution in [1.82, 2.24) is 29.6 Å². The zero-order valence-corrected chi connectivity index (χ0v) is 33.7. The van der Waals surface area contributed by atoms with Crippen LogP contribution in [-0.4, -0.2) is 111 Å². The van der Waals surface area contributed by atoms with Gasteiger partial charge >= 0.3 is 12.5 Å². The fourth-order valence-corrected chi connectivity index (χ4v) is 6.19. The predicted molar refractivity (Wildman–Crippen MR) is 202 cm³/mol. The highest BCUT2D eigenvalue weighted by molar-refractivity contribution is 5.93. The van der Waals surface area contributed by atoms with E-state index >= 15 is 0 Å². The summed E-state index contributed by atoms with van der Waals surface area (Å²) in [6.45, 7) is 12.2. The summed E-state index contributed by atoms with van der Waals surface area (Å²) in [6.07, 6.45) is -2.65. The maximum absolute atomic E-state index is 14.7. The quantitative estimate of drug-likeness (QED) is 0.209. The zero-order chi connectivity index (χ0) is 42.5. The number of imidazole rings is 1. The van der Waals surface area contributed by atoms with E-state index < -0.39 is 77.0 Å². The second-order valence-corrected chi connectivity index (χ2v) is 16.3. The number of alkyl halides is 3. The van der Waals surface area contributed by atoms with E-state index in [0.29, 0.717) is 6.42 Å². The molecular formula is C40H52F4N6O7. The summed E-state index contributed by atoms with van der Waals surface area (Å²) in [4.78, 5) is 63.7. The van der Waals surface area contributed by atoms with Crippen molar-refractivity contribution in [2.75, 3.05) is 26.7 Å². The van der Waals surface area contributed by atoms with Crippen molar-refractivity contribution >= 4 is 23.8 Å². The maximum atomic E-state index is 14.7. The number of hydrogen-bond acceptors (Lipinski definition) is 8. The van der Waals surface area contributed by atoms with E-state index in [1.807, 2.05) is 0 Å². The first-order valence-electron chi connectivity index (χ1n) is 18.5. The Morgan fingerprint density at radius 1 is 0.965 bits per heavy atom. The van der Waals surface area contributed by atoms with Crippen LogP contribution < -0.4 is 14.8 Å². The molecule has 4 atom stereocenters. The van der Waals surface area contributed by atoms with Crippen molar-refractivity contribution in [1.29, 1.82) is 0 Å². The normalized spacial score (nSPS) is 17.0. The van der Waals surface area contributed by atoms with E-state index in [9.17, 15) is 36.7 Å². The van der Waals surface area contributed by atoms with Crippen molar-refractivity contribution in [3.63, 3.8) is 0 Å². The summed E-state index contributed by atoms with van der Waals surface area (Å²) in [5, 5.41) is 2.85. The summed E-state index contributed by atoms with van der Waals surface area (Å²) in [6, 6.07) is 7.96. The smallest absolute Gasteiger partial charge is 0.489 e. The lowest BCUT2D eigenvalue weighted by Gasteiger charge is -2.38. The third-order valence-electron chi connectivity index (χ3n) is 9.29. The molecule has 312 valence electrons. The number of likely N-dealkylation sites (N-methyl/N-ethyl adjacent to an activating group) is 1. The van der Waals surface area contributed by atoms with Gasteiger partial charge in [0.05, 0.1) is 18.9 Å². The highest BCUT2D eigenvalue weighted by Crippen LogP contribution is 2.31. The number of aromatic nitrogens is 2. The van der Waals surface area contributed by atoms with Gasteiger partial charge in [-0.15, -0.1) is 13.2 Å². The number of likely N-dealkylation sites (tertiary alicyclic amines) is 1. The molecule has 2 aromatic carbocycles. The van der Waals surface area contributed by atoms with Gasteiger partial charge in [-0.2, -0.15) is 0 Å². The van der Waals surface area contributed by atoms with Gasteiger partial charge in [0, 0.05) is 39.8 Å². The largest absolute Gasteiger partial charge is 0.573 e. The van der Waals surface area contributed by atoms with Crippen LogP contribution in [0.4, 0.5) is 22.4 Å². The Morgan fingerprint density at radius 2 is 1.58 bits per heavy atom. The van der Waals surface area contributed by atoms with Gasteiger partial charge < -0.3 is 33.9 Å². The molecule has 1 aromatic heterocycles. The van der Waals surface area contributed by atoms with E-state index in [2.05, 4.69) is 15.0 Å². The SMILES string of the molecule is C[C@@H](C(=O)N[C@H](C(=O)N1CC(Oc2ccc(OC(F)(F)F)cc2)C[C@H]1CN(CCc1ccc(F)cc1)C(=O)c1cn(C)cn1)C(C)(C)C)N(C)C(=O)OC(C)(C)C. The Kier molecular flexibility index (Phi) is 13.9. The van der Waals surface area contributed by atoms with Crippen LogP contribution in [-0.2, 0) is 27.8 Å². The van der Waals surface area contributed by atoms with Gasteiger partial charge in [0.1, 0.15) is 46.8 Å². The molecule has 0 saturated carbocycles. The monoisotopic (exact) mass is 804 g/mol. The minimum absolute atomic E-state index is 0.00367. The third kappa shape index (κ3) is 12.8. The minimum atomic E-state index is -4.88. The van der Waals surface area contributed by atoms with Gasteiger partial charge in [-0.05, 0) is 81.5 Å². The summed E-state index contributed by atoms with van der Waals surface area (Å²) in [5.41, 5.74) is -0.710. The molecule has 57 heavy (non-hydrogen) atoms. The number of ether oxygens (including phenoxy) is 3. The number of amides is 4. The molecule has 1 saturated heterocycles. The average molecular weight is 805 g/mol. The zero-order valence-electron chi connectivity index (χ0n) is 33.7. The molecule has 13 nitrogen and oxygen atoms in total. The summed E-state index contributed by atoms with van der Waals surface area (Å²) < 4.78 is 69.3. The number of carbonyl (C=O) groups excluding carboxylic acids is 4. The van der Waals surface area contributed by atoms with E-state index in [0.717, 1.165) is 22.6 Å². The Balaban J connectivity index is 1.64. The van der Waals surface area contributed by atoms with Crippen molar-refractivity contribution in [2.24, 2.45) is 12.5 Å². The molecule has 0 spiro atoms. The van der Waals surface area contributed by atoms with Gasteiger partial charge in [0.15, 0.2) is 0 Å². The molecule has 1 fully saturated rings. The standard InChI is InChI=1S/C40H52F4N6O7/c1-25(48(9)37(54)57-39(5,6)7)34(51)46-33(38(2,3)4)36(53)50-22-31(55-29-14-16-30(17-15-29)56-40(42,43)44)20-28(50)21-49(35(52)32-23-47(8)24-45-32)19-18-26-10-12-27(41)13-11-26/h10-17,23-25,28,31,33H,18-22H2,1-9H3,(H,46,51)/t25-,28-,31?,33+/m0/s1. The lowest BCUT2D eigenvalue weighted by atomic mass is 9.85. The van der Waals surface area contributed by atoms with Gasteiger partial charge in [-0.3, -0.25) is 19.3 Å². The number of carbonyl (C=O) groups is 4. The maximum Gasteiger partial charge on any atom is 0.573 e. The van der Waals surface area contributed by atoms with Crippen LogP contribution in [0.15, 0.2) is 61.1 Å². The molecule has 1 unspecified atom stereocenters.